The van der Waals surface area contributed by atoms with Gasteiger partial charge < -0.3 is 0 Å². The molecule has 0 N–H and O–H groups in total. The minimum absolute atomic E-state index is 0.811. The molecule has 0 saturated heterocycles. The van der Waals surface area contributed by atoms with Gasteiger partial charge in [-0.3, -0.25) is 0 Å². The first kappa shape index (κ1) is 10.0. The largest absolute Gasteiger partial charge is 0.0810 e. The Balaban J connectivity index is 1.61. The summed E-state index contributed by atoms with van der Waals surface area (Å²) in [7, 11) is 0. The minimum Gasteiger partial charge on any atom is -0.0810 e. The van der Waals surface area contributed by atoms with Crippen LogP contribution in [0.4, 0.5) is 0 Å². The van der Waals surface area contributed by atoms with Gasteiger partial charge in [0.05, 0.1) is 0 Å². The lowest BCUT2D eigenvalue weighted by molar-refractivity contribution is 0.611. The van der Waals surface area contributed by atoms with Gasteiger partial charge in [0.1, 0.15) is 0 Å². The van der Waals surface area contributed by atoms with Gasteiger partial charge in [-0.2, -0.15) is 0 Å². The van der Waals surface area contributed by atoms with Gasteiger partial charge >= 0.3 is 0 Å². The van der Waals surface area contributed by atoms with E-state index in [1.54, 1.807) is 5.57 Å². The molecule has 2 bridgehead atoms. The lowest BCUT2D eigenvalue weighted by Crippen LogP contribution is -1.93. The van der Waals surface area contributed by atoms with Crippen molar-refractivity contribution in [2.45, 2.75) is 51.9 Å². The lowest BCUT2D eigenvalue weighted by atomic mass is 9.97. The summed E-state index contributed by atoms with van der Waals surface area (Å²) in [5, 5.41) is 0. The molecule has 0 aromatic rings. The van der Waals surface area contributed by atoms with E-state index in [2.05, 4.69) is 25.2 Å². The van der Waals surface area contributed by atoms with Gasteiger partial charge in [-0.25, -0.2) is 0 Å². The monoisotopic (exact) mass is 190 g/mol. The second kappa shape index (κ2) is 4.82. The molecule has 0 saturated carbocycles. The molecule has 0 nitrogen and oxygen atoms in total. The van der Waals surface area contributed by atoms with Gasteiger partial charge in [-0.15, -0.1) is 0 Å². The standard InChI is InChI=1S/C14H22/c1-2-3-4-5-6-7-13-10-12-8-9-14(13)11-12/h8-10,12,14H,2-7,11H2,1H3. The molecule has 2 rings (SSSR count). The molecular formula is C14H22. The molecule has 0 aromatic carbocycles. The van der Waals surface area contributed by atoms with E-state index in [9.17, 15) is 0 Å². The van der Waals surface area contributed by atoms with Crippen LogP contribution in [0.5, 0.6) is 0 Å². The van der Waals surface area contributed by atoms with Crippen LogP contribution in [0.2, 0.25) is 0 Å². The highest BCUT2D eigenvalue weighted by Crippen LogP contribution is 2.40. The van der Waals surface area contributed by atoms with Gasteiger partial charge in [0.2, 0.25) is 0 Å². The molecule has 14 heavy (non-hydrogen) atoms. The van der Waals surface area contributed by atoms with Crippen LogP contribution in [-0.2, 0) is 0 Å². The molecular weight excluding hydrogens is 168 g/mol. The summed E-state index contributed by atoms with van der Waals surface area (Å²) < 4.78 is 0. The lowest BCUT2D eigenvalue weighted by Gasteiger charge is -2.09. The number of rotatable bonds is 6. The predicted octanol–water partition coefficient (Wildman–Crippen LogP) is 4.48. The van der Waals surface area contributed by atoms with Crippen LogP contribution in [0.15, 0.2) is 23.8 Å². The van der Waals surface area contributed by atoms with E-state index >= 15 is 0 Å². The Morgan fingerprint density at radius 1 is 1.14 bits per heavy atom. The van der Waals surface area contributed by atoms with Crippen LogP contribution in [0.3, 0.4) is 0 Å². The summed E-state index contributed by atoms with van der Waals surface area (Å²) in [5.74, 6) is 1.65. The number of hydrogen-bond donors (Lipinski definition) is 0. The van der Waals surface area contributed by atoms with E-state index in [4.69, 9.17) is 0 Å². The molecule has 2 aliphatic rings. The first-order chi connectivity index (χ1) is 6.90. The first-order valence-corrected chi connectivity index (χ1v) is 6.29. The molecule has 0 heterocycles. The topological polar surface area (TPSA) is 0 Å². The highest BCUT2D eigenvalue weighted by molar-refractivity contribution is 5.29. The van der Waals surface area contributed by atoms with E-state index in [1.807, 2.05) is 0 Å². The van der Waals surface area contributed by atoms with Crippen molar-refractivity contribution in [3.8, 4) is 0 Å². The van der Waals surface area contributed by atoms with Crippen LogP contribution in [0.1, 0.15) is 51.9 Å². The maximum absolute atomic E-state index is 2.52. The molecule has 2 unspecified atom stereocenters. The van der Waals surface area contributed by atoms with Crippen molar-refractivity contribution in [3.63, 3.8) is 0 Å². The molecule has 0 heteroatoms. The van der Waals surface area contributed by atoms with Gasteiger partial charge in [0, 0.05) is 0 Å². The second-order valence-electron chi connectivity index (χ2n) is 4.80. The predicted molar refractivity (Wildman–Crippen MR) is 62.2 cm³/mol. The van der Waals surface area contributed by atoms with Gasteiger partial charge in [-0.1, -0.05) is 56.4 Å². The fourth-order valence-electron chi connectivity index (χ4n) is 2.73. The van der Waals surface area contributed by atoms with Gasteiger partial charge in [0.25, 0.3) is 0 Å². The van der Waals surface area contributed by atoms with E-state index in [-0.39, 0.29) is 0 Å². The fraction of sp³-hybridized carbons (Fsp3) is 0.714. The second-order valence-corrected chi connectivity index (χ2v) is 4.80. The summed E-state index contributed by atoms with van der Waals surface area (Å²) in [6, 6.07) is 0. The third-order valence-corrected chi connectivity index (χ3v) is 3.59. The van der Waals surface area contributed by atoms with Gasteiger partial charge in [-0.05, 0) is 31.1 Å². The van der Waals surface area contributed by atoms with E-state index < -0.39 is 0 Å². The van der Waals surface area contributed by atoms with Crippen LogP contribution in [0.25, 0.3) is 0 Å². The Labute approximate surface area is 88.1 Å². The third kappa shape index (κ3) is 2.29. The van der Waals surface area contributed by atoms with Crippen LogP contribution in [-0.4, -0.2) is 0 Å². The summed E-state index contributed by atoms with van der Waals surface area (Å²) in [6.07, 6.45) is 17.2. The van der Waals surface area contributed by atoms with Crippen molar-refractivity contribution in [3.05, 3.63) is 23.8 Å². The number of unbranched alkanes of at least 4 members (excludes halogenated alkanes) is 4. The molecule has 2 aliphatic carbocycles. The van der Waals surface area contributed by atoms with E-state index in [0.29, 0.717) is 0 Å². The molecule has 0 aliphatic heterocycles. The number of hydrogen-bond acceptors (Lipinski definition) is 0. The quantitative estimate of drug-likeness (QED) is 0.428. The maximum Gasteiger partial charge on any atom is -0.00143 e. The van der Waals surface area contributed by atoms with E-state index in [0.717, 1.165) is 11.8 Å². The Morgan fingerprint density at radius 2 is 2.00 bits per heavy atom. The number of fused-ring (bicyclic) bond motifs is 2. The summed E-state index contributed by atoms with van der Waals surface area (Å²) in [4.78, 5) is 0. The average Bonchev–Trinajstić information content (AvgIpc) is 2.79. The molecule has 0 radical (unpaired) electrons. The minimum atomic E-state index is 0.811. The number of allylic oxidation sites excluding steroid dienone is 4. The molecule has 0 spiro atoms. The van der Waals surface area contributed by atoms with Gasteiger partial charge in [0.15, 0.2) is 0 Å². The highest BCUT2D eigenvalue weighted by Gasteiger charge is 2.26. The van der Waals surface area contributed by atoms with Crippen molar-refractivity contribution in [2.24, 2.45) is 11.8 Å². The highest BCUT2D eigenvalue weighted by atomic mass is 14.3. The Morgan fingerprint density at radius 3 is 2.64 bits per heavy atom. The molecule has 0 fully saturated rings. The summed E-state index contributed by atoms with van der Waals surface area (Å²) >= 11 is 0. The summed E-state index contributed by atoms with van der Waals surface area (Å²) in [6.45, 7) is 2.28. The van der Waals surface area contributed by atoms with Crippen molar-refractivity contribution < 1.29 is 0 Å². The van der Waals surface area contributed by atoms with Crippen LogP contribution >= 0.6 is 0 Å². The Kier molecular flexibility index (Phi) is 3.44. The third-order valence-electron chi connectivity index (χ3n) is 3.59. The summed E-state index contributed by atoms with van der Waals surface area (Å²) in [5.41, 5.74) is 1.74. The molecule has 2 atom stereocenters. The smallest absolute Gasteiger partial charge is 0.00143 e. The van der Waals surface area contributed by atoms with Crippen LogP contribution < -0.4 is 0 Å². The molecule has 78 valence electrons. The maximum atomic E-state index is 2.52. The normalized spacial score (nSPS) is 28.5. The van der Waals surface area contributed by atoms with Crippen molar-refractivity contribution >= 4 is 0 Å². The fourth-order valence-corrected chi connectivity index (χ4v) is 2.73. The van der Waals surface area contributed by atoms with Crippen molar-refractivity contribution in [1.29, 1.82) is 0 Å². The molecule has 0 amide bonds. The zero-order valence-electron chi connectivity index (χ0n) is 9.34. The Bertz CT molecular complexity index is 234. The van der Waals surface area contributed by atoms with E-state index in [1.165, 1.54) is 44.9 Å². The Hall–Kier alpha value is -0.520. The van der Waals surface area contributed by atoms with Crippen LogP contribution in [0, 0.1) is 11.8 Å². The average molecular weight is 190 g/mol. The zero-order valence-corrected chi connectivity index (χ0v) is 9.34. The van der Waals surface area contributed by atoms with Crippen molar-refractivity contribution in [1.82, 2.24) is 0 Å². The zero-order chi connectivity index (χ0) is 9.80. The SMILES string of the molecule is CCCCCCCC1=CC2C=CC1C2. The molecule has 0 aromatic heterocycles. The van der Waals surface area contributed by atoms with Crippen molar-refractivity contribution in [2.75, 3.05) is 0 Å². The first-order valence-electron chi connectivity index (χ1n) is 6.29.